The lowest BCUT2D eigenvalue weighted by Crippen LogP contribution is -2.08. The molecule has 2 bridgehead atoms. The van der Waals surface area contributed by atoms with Crippen LogP contribution in [0.15, 0.2) is 84.1 Å². The summed E-state index contributed by atoms with van der Waals surface area (Å²) >= 11 is 3.62. The number of halogens is 2. The van der Waals surface area contributed by atoms with Gasteiger partial charge >= 0.3 is 5.97 Å². The van der Waals surface area contributed by atoms with Crippen molar-refractivity contribution < 1.29 is 23.4 Å². The van der Waals surface area contributed by atoms with Crippen molar-refractivity contribution in [1.29, 1.82) is 0 Å². The maximum Gasteiger partial charge on any atom is 0.328 e. The Morgan fingerprint density at radius 3 is 2.67 bits per heavy atom. The average molecular weight is 620 g/mol. The summed E-state index contributed by atoms with van der Waals surface area (Å²) in [4.78, 5) is 19.1. The number of aliphatic carboxylic acids is 1. The van der Waals surface area contributed by atoms with Crippen LogP contribution in [0.3, 0.4) is 0 Å². The largest absolute Gasteiger partial charge is 0.478 e. The Balaban J connectivity index is 1.59. The van der Waals surface area contributed by atoms with E-state index in [9.17, 15) is 4.79 Å². The fourth-order valence-corrected chi connectivity index (χ4v) is 7.05. The fraction of sp³-hybridized carbons (Fsp3) is 0.212. The van der Waals surface area contributed by atoms with Crippen LogP contribution in [0.2, 0.25) is 0 Å². The van der Waals surface area contributed by atoms with E-state index in [0.29, 0.717) is 24.1 Å². The second-order valence-corrected chi connectivity index (χ2v) is 12.3. The second-order valence-electron chi connectivity index (χ2n) is 9.84. The predicted molar refractivity (Wildman–Crippen MR) is 173 cm³/mol. The highest BCUT2D eigenvalue weighted by Crippen LogP contribution is 2.36. The number of fused-ring (bicyclic) bond motifs is 5. The Bertz CT molecular complexity index is 1700. The van der Waals surface area contributed by atoms with E-state index in [-0.39, 0.29) is 23.1 Å². The quantitative estimate of drug-likeness (QED) is 0.202. The lowest BCUT2D eigenvalue weighted by molar-refractivity contribution is -0.131. The van der Waals surface area contributed by atoms with Crippen molar-refractivity contribution >= 4 is 52.2 Å². The minimum absolute atomic E-state index is 0.126. The molecule has 43 heavy (non-hydrogen) atoms. The molecule has 3 aromatic carbocycles. The first-order valence-electron chi connectivity index (χ1n) is 13.8. The molecular formula is C33H31F2N3O3S2. The minimum atomic E-state index is -1.04. The number of aromatic amines is 1. The molecule has 0 fully saturated rings. The number of aliphatic imine (C=N–C) groups is 1. The molecule has 10 heteroatoms. The summed E-state index contributed by atoms with van der Waals surface area (Å²) in [6.07, 6.45) is 8.52. The molecule has 6 nitrogen and oxygen atoms in total. The maximum atomic E-state index is 15.4. The third-order valence-electron chi connectivity index (χ3n) is 6.97. The molecule has 0 radical (unpaired) electrons. The predicted octanol–water partition coefficient (Wildman–Crippen LogP) is 7.75. The van der Waals surface area contributed by atoms with Crippen molar-refractivity contribution in [1.82, 2.24) is 4.98 Å². The third-order valence-corrected chi connectivity index (χ3v) is 9.23. The van der Waals surface area contributed by atoms with Crippen LogP contribution in [-0.4, -0.2) is 44.8 Å². The molecule has 1 aliphatic rings. The highest BCUT2D eigenvalue weighted by Gasteiger charge is 2.20. The summed E-state index contributed by atoms with van der Waals surface area (Å²) in [6, 6.07) is 14.7. The van der Waals surface area contributed by atoms with Crippen molar-refractivity contribution in [3.05, 3.63) is 113 Å². The van der Waals surface area contributed by atoms with Gasteiger partial charge in [0.1, 0.15) is 11.6 Å². The number of hydrogen-bond donors (Lipinski definition) is 3. The number of aromatic nitrogens is 1. The minimum Gasteiger partial charge on any atom is -0.478 e. The molecule has 2 heterocycles. The molecule has 0 saturated carbocycles. The number of thioether (sulfide) groups is 2. The van der Waals surface area contributed by atoms with E-state index in [4.69, 9.17) is 20.6 Å². The van der Waals surface area contributed by atoms with Gasteiger partial charge in [0.15, 0.2) is 11.6 Å². The SMILES string of the molecule is NC=CC1=NC(c2cccc(/C=C/C(=O)O)c2)CCSCCSCCc2c(c(F)cc3[nH]ccc23)Oc2ccc(F)c1c2. The zero-order valence-electron chi connectivity index (χ0n) is 23.3. The van der Waals surface area contributed by atoms with E-state index in [0.717, 1.165) is 51.2 Å². The molecule has 1 unspecified atom stereocenters. The number of carbonyl (C=O) groups is 1. The molecule has 0 spiro atoms. The standard InChI is InChI=1S/C33H31F2N3O3S2/c34-27-6-5-23-19-26(27)30(8-12-36)38-29(22-3-1-2-21(18-22)4-7-32(39)40)11-15-43-17-16-42-14-10-25-24-9-13-37-31(24)20-28(35)33(25)41-23/h1-9,12-13,18-20,29,37H,10-11,14-17,36H2,(H,39,40)/b7-4+,12-8?,38-30?. The summed E-state index contributed by atoms with van der Waals surface area (Å²) in [5, 5.41) is 9.95. The maximum absolute atomic E-state index is 15.4. The van der Waals surface area contributed by atoms with Gasteiger partial charge in [-0.3, -0.25) is 4.99 Å². The molecule has 0 aliphatic carbocycles. The Morgan fingerprint density at radius 2 is 1.86 bits per heavy atom. The van der Waals surface area contributed by atoms with Crippen molar-refractivity contribution in [2.24, 2.45) is 10.7 Å². The van der Waals surface area contributed by atoms with E-state index < -0.39 is 17.6 Å². The van der Waals surface area contributed by atoms with E-state index in [1.807, 2.05) is 42.1 Å². The van der Waals surface area contributed by atoms with Gasteiger partial charge in [-0.2, -0.15) is 23.5 Å². The van der Waals surface area contributed by atoms with Gasteiger partial charge < -0.3 is 20.6 Å². The number of nitrogens with zero attached hydrogens (tertiary/aromatic N) is 1. The smallest absolute Gasteiger partial charge is 0.328 e. The van der Waals surface area contributed by atoms with E-state index >= 15 is 8.78 Å². The molecule has 1 aromatic heterocycles. The van der Waals surface area contributed by atoms with Crippen LogP contribution in [0.1, 0.15) is 34.7 Å². The molecule has 1 atom stereocenters. The van der Waals surface area contributed by atoms with Crippen LogP contribution >= 0.6 is 23.5 Å². The summed E-state index contributed by atoms with van der Waals surface area (Å²) in [5.41, 5.74) is 9.32. The number of nitrogens with two attached hydrogens (primary N) is 1. The van der Waals surface area contributed by atoms with E-state index in [2.05, 4.69) is 4.98 Å². The first-order chi connectivity index (χ1) is 20.9. The van der Waals surface area contributed by atoms with Crippen LogP contribution in [-0.2, 0) is 11.2 Å². The average Bonchev–Trinajstić information content (AvgIpc) is 3.46. The Morgan fingerprint density at radius 1 is 1.02 bits per heavy atom. The first kappa shape index (κ1) is 30.4. The van der Waals surface area contributed by atoms with Crippen LogP contribution < -0.4 is 10.5 Å². The fourth-order valence-electron chi connectivity index (χ4n) is 4.96. The molecule has 0 amide bonds. The van der Waals surface area contributed by atoms with E-state index in [1.54, 1.807) is 24.0 Å². The van der Waals surface area contributed by atoms with Gasteiger partial charge in [-0.25, -0.2) is 13.6 Å². The molecule has 222 valence electrons. The summed E-state index contributed by atoms with van der Waals surface area (Å²) in [6.45, 7) is 0. The number of ether oxygens (including phenoxy) is 1. The van der Waals surface area contributed by atoms with Crippen molar-refractivity contribution in [2.45, 2.75) is 18.9 Å². The summed E-state index contributed by atoms with van der Waals surface area (Å²) < 4.78 is 36.9. The number of aryl methyl sites for hydroxylation is 1. The van der Waals surface area contributed by atoms with Gasteiger partial charge in [0, 0.05) is 51.9 Å². The number of allylic oxidation sites excluding steroid dienone is 1. The number of rotatable bonds is 4. The molecule has 4 aromatic rings. The topological polar surface area (TPSA) is 101 Å². The zero-order chi connectivity index (χ0) is 30.2. The number of H-pyrrole nitrogens is 1. The lowest BCUT2D eigenvalue weighted by Gasteiger charge is -2.17. The van der Waals surface area contributed by atoms with E-state index in [1.165, 1.54) is 36.5 Å². The first-order valence-corrected chi connectivity index (χ1v) is 16.1. The number of carboxylic acid groups (broad SMARTS) is 1. The Kier molecular flexibility index (Phi) is 10.2. The van der Waals surface area contributed by atoms with Crippen LogP contribution in [0.25, 0.3) is 17.0 Å². The highest BCUT2D eigenvalue weighted by atomic mass is 32.2. The zero-order valence-corrected chi connectivity index (χ0v) is 24.9. The van der Waals surface area contributed by atoms with Gasteiger partial charge in [-0.1, -0.05) is 18.2 Å². The molecule has 1 aliphatic heterocycles. The number of carboxylic acids is 1. The van der Waals surface area contributed by atoms with Gasteiger partial charge in [0.2, 0.25) is 0 Å². The highest BCUT2D eigenvalue weighted by molar-refractivity contribution is 8.02. The summed E-state index contributed by atoms with van der Waals surface area (Å²) in [5.74, 6) is 1.81. The molecule has 5 rings (SSSR count). The third kappa shape index (κ3) is 7.69. The normalized spacial score (nSPS) is 17.0. The number of hydrogen-bond acceptors (Lipinski definition) is 6. The Labute approximate surface area is 257 Å². The van der Waals surface area contributed by atoms with Gasteiger partial charge in [-0.15, -0.1) is 0 Å². The molecule has 0 saturated heterocycles. The Hall–Kier alpha value is -4.02. The van der Waals surface area contributed by atoms with Crippen molar-refractivity contribution in [3.8, 4) is 11.5 Å². The van der Waals surface area contributed by atoms with Crippen LogP contribution in [0.5, 0.6) is 11.5 Å². The number of nitrogens with one attached hydrogen (secondary N) is 1. The van der Waals surface area contributed by atoms with Gasteiger partial charge in [0.25, 0.3) is 0 Å². The number of benzene rings is 3. The summed E-state index contributed by atoms with van der Waals surface area (Å²) in [7, 11) is 0. The van der Waals surface area contributed by atoms with Crippen LogP contribution in [0, 0.1) is 11.6 Å². The second kappa shape index (κ2) is 14.4. The molecule has 4 N–H and O–H groups in total. The molecular weight excluding hydrogens is 589 g/mol. The van der Waals surface area contributed by atoms with Crippen molar-refractivity contribution in [2.75, 3.05) is 23.0 Å². The lowest BCUT2D eigenvalue weighted by atomic mass is 10.0. The van der Waals surface area contributed by atoms with Gasteiger partial charge in [0.05, 0.1) is 11.8 Å². The monoisotopic (exact) mass is 619 g/mol. The van der Waals surface area contributed by atoms with Gasteiger partial charge in [-0.05, 0) is 84.2 Å². The van der Waals surface area contributed by atoms with Crippen molar-refractivity contribution in [3.63, 3.8) is 0 Å². The van der Waals surface area contributed by atoms with Crippen LogP contribution in [0.4, 0.5) is 8.78 Å².